The maximum atomic E-state index is 12.2. The van der Waals surface area contributed by atoms with Crippen LogP contribution in [-0.4, -0.2) is 45.5 Å². The van der Waals surface area contributed by atoms with Crippen LogP contribution in [0.3, 0.4) is 0 Å². The Bertz CT molecular complexity index is 732. The van der Waals surface area contributed by atoms with E-state index in [-0.39, 0.29) is 4.90 Å². The van der Waals surface area contributed by atoms with Gasteiger partial charge in [-0.1, -0.05) is 11.6 Å². The summed E-state index contributed by atoms with van der Waals surface area (Å²) in [6.45, 7) is 1.25. The van der Waals surface area contributed by atoms with Crippen molar-refractivity contribution >= 4 is 32.5 Å². The summed E-state index contributed by atoms with van der Waals surface area (Å²) in [5.74, 6) is 0. The van der Waals surface area contributed by atoms with Crippen molar-refractivity contribution in [3.05, 3.63) is 35.5 Å². The first-order valence-corrected chi connectivity index (χ1v) is 8.45. The molecule has 0 bridgehead atoms. The lowest BCUT2D eigenvalue weighted by Crippen LogP contribution is -2.27. The average Bonchev–Trinajstić information content (AvgIpc) is 2.43. The van der Waals surface area contributed by atoms with Gasteiger partial charge in [0, 0.05) is 11.9 Å². The second kappa shape index (κ2) is 6.70. The van der Waals surface area contributed by atoms with Gasteiger partial charge in [-0.2, -0.15) is 0 Å². The van der Waals surface area contributed by atoms with E-state index in [0.29, 0.717) is 17.2 Å². The minimum absolute atomic E-state index is 0.240. The second-order valence-electron chi connectivity index (χ2n) is 5.04. The van der Waals surface area contributed by atoms with E-state index in [1.807, 2.05) is 19.0 Å². The van der Waals surface area contributed by atoms with Gasteiger partial charge in [-0.05, 0) is 57.4 Å². The van der Waals surface area contributed by atoms with Crippen molar-refractivity contribution in [2.45, 2.75) is 11.3 Å². The Morgan fingerprint density at radius 3 is 2.71 bits per heavy atom. The zero-order chi connectivity index (χ0) is 15.5. The second-order valence-corrected chi connectivity index (χ2v) is 7.20. The number of fused-ring (bicyclic) bond motifs is 1. The number of hydrogen-bond acceptors (Lipinski definition) is 4. The fraction of sp³-hybridized carbons (Fsp3) is 0.357. The topological polar surface area (TPSA) is 62.3 Å². The summed E-state index contributed by atoms with van der Waals surface area (Å²) in [6.07, 6.45) is 0.761. The number of nitrogens with zero attached hydrogens (tertiary/aromatic N) is 2. The van der Waals surface area contributed by atoms with E-state index in [0.717, 1.165) is 18.4 Å². The Labute approximate surface area is 130 Å². The minimum atomic E-state index is -3.49. The summed E-state index contributed by atoms with van der Waals surface area (Å²) < 4.78 is 27.0. The Balaban J connectivity index is 2.14. The largest absolute Gasteiger partial charge is 0.309 e. The molecule has 114 valence electrons. The third-order valence-electron chi connectivity index (χ3n) is 3.01. The van der Waals surface area contributed by atoms with Gasteiger partial charge >= 0.3 is 0 Å². The molecule has 0 atom stereocenters. The zero-order valence-corrected chi connectivity index (χ0v) is 13.6. The average molecular weight is 328 g/mol. The molecule has 1 aromatic heterocycles. The quantitative estimate of drug-likeness (QED) is 0.652. The van der Waals surface area contributed by atoms with Crippen LogP contribution in [0.4, 0.5) is 0 Å². The molecule has 1 heterocycles. The summed E-state index contributed by atoms with van der Waals surface area (Å²) in [4.78, 5) is 6.39. The highest BCUT2D eigenvalue weighted by molar-refractivity contribution is 7.89. The smallest absolute Gasteiger partial charge is 0.240 e. The first-order chi connectivity index (χ1) is 9.88. The molecular weight excluding hydrogens is 310 g/mol. The molecule has 2 aromatic rings. The van der Waals surface area contributed by atoms with Crippen molar-refractivity contribution < 1.29 is 8.42 Å². The third-order valence-corrected chi connectivity index (χ3v) is 4.68. The van der Waals surface area contributed by atoms with Crippen molar-refractivity contribution in [3.8, 4) is 0 Å². The van der Waals surface area contributed by atoms with Gasteiger partial charge < -0.3 is 4.90 Å². The number of benzene rings is 1. The molecule has 0 aliphatic rings. The van der Waals surface area contributed by atoms with Crippen LogP contribution in [0.1, 0.15) is 6.42 Å². The van der Waals surface area contributed by atoms with Crippen molar-refractivity contribution in [1.82, 2.24) is 14.6 Å². The lowest BCUT2D eigenvalue weighted by atomic mass is 10.2. The van der Waals surface area contributed by atoms with E-state index < -0.39 is 10.0 Å². The molecule has 1 N–H and O–H groups in total. The number of halogens is 1. The van der Waals surface area contributed by atoms with E-state index in [1.165, 1.54) is 0 Å². The molecule has 0 aliphatic heterocycles. The van der Waals surface area contributed by atoms with Gasteiger partial charge in [0.15, 0.2) is 0 Å². The van der Waals surface area contributed by atoms with Crippen molar-refractivity contribution in [1.29, 1.82) is 0 Å². The normalized spacial score (nSPS) is 12.2. The van der Waals surface area contributed by atoms with E-state index in [4.69, 9.17) is 11.6 Å². The number of aromatic nitrogens is 1. The third kappa shape index (κ3) is 4.38. The number of nitrogens with one attached hydrogen (secondary N) is 1. The minimum Gasteiger partial charge on any atom is -0.309 e. The van der Waals surface area contributed by atoms with E-state index in [2.05, 4.69) is 9.71 Å². The van der Waals surface area contributed by atoms with Gasteiger partial charge in [0.1, 0.15) is 5.15 Å². The standard InChI is InChI=1S/C14H18ClN3O2S/c1-18(2)9-3-8-16-21(19,20)12-5-6-13-11(10-12)4-7-14(15)17-13/h4-7,10,16H,3,8-9H2,1-2H3. The molecule has 0 aliphatic carbocycles. The van der Waals surface area contributed by atoms with Gasteiger partial charge in [0.05, 0.1) is 10.4 Å². The van der Waals surface area contributed by atoms with Crippen LogP contribution >= 0.6 is 11.6 Å². The molecule has 0 spiro atoms. The summed E-state index contributed by atoms with van der Waals surface area (Å²) in [5.41, 5.74) is 0.675. The molecule has 0 unspecified atom stereocenters. The SMILES string of the molecule is CN(C)CCCNS(=O)(=O)c1ccc2nc(Cl)ccc2c1. The summed E-state index contributed by atoms with van der Waals surface area (Å²) >= 11 is 5.81. The number of pyridine rings is 1. The number of hydrogen-bond donors (Lipinski definition) is 1. The highest BCUT2D eigenvalue weighted by atomic mass is 35.5. The van der Waals surface area contributed by atoms with Gasteiger partial charge in [-0.3, -0.25) is 0 Å². The van der Waals surface area contributed by atoms with Gasteiger partial charge in [-0.15, -0.1) is 0 Å². The predicted octanol–water partition coefficient (Wildman–Crippen LogP) is 2.12. The fourth-order valence-corrected chi connectivity index (χ4v) is 3.19. The molecule has 0 saturated carbocycles. The van der Waals surface area contributed by atoms with Crippen LogP contribution in [-0.2, 0) is 10.0 Å². The Morgan fingerprint density at radius 1 is 1.24 bits per heavy atom. The maximum Gasteiger partial charge on any atom is 0.240 e. The van der Waals surface area contributed by atoms with E-state index in [1.54, 1.807) is 30.3 Å². The molecule has 1 aromatic carbocycles. The highest BCUT2D eigenvalue weighted by Crippen LogP contribution is 2.19. The van der Waals surface area contributed by atoms with Crippen molar-refractivity contribution in [2.75, 3.05) is 27.2 Å². The Morgan fingerprint density at radius 2 is 2.00 bits per heavy atom. The van der Waals surface area contributed by atoms with Crippen LogP contribution in [0.2, 0.25) is 5.15 Å². The summed E-state index contributed by atoms with van der Waals surface area (Å²) in [6, 6.07) is 8.21. The first-order valence-electron chi connectivity index (χ1n) is 6.59. The molecule has 0 amide bonds. The Kier molecular flexibility index (Phi) is 5.16. The van der Waals surface area contributed by atoms with Gasteiger partial charge in [0.25, 0.3) is 0 Å². The van der Waals surface area contributed by atoms with E-state index >= 15 is 0 Å². The highest BCUT2D eigenvalue weighted by Gasteiger charge is 2.14. The maximum absolute atomic E-state index is 12.2. The molecule has 21 heavy (non-hydrogen) atoms. The lowest BCUT2D eigenvalue weighted by molar-refractivity contribution is 0.400. The molecule has 7 heteroatoms. The summed E-state index contributed by atoms with van der Waals surface area (Å²) in [7, 11) is 0.420. The first kappa shape index (κ1) is 16.2. The predicted molar refractivity (Wildman–Crippen MR) is 85.1 cm³/mol. The number of rotatable bonds is 6. The van der Waals surface area contributed by atoms with Crippen LogP contribution in [0.25, 0.3) is 10.9 Å². The van der Waals surface area contributed by atoms with E-state index in [9.17, 15) is 8.42 Å². The lowest BCUT2D eigenvalue weighted by Gasteiger charge is -2.10. The zero-order valence-electron chi connectivity index (χ0n) is 12.0. The van der Waals surface area contributed by atoms with Crippen LogP contribution in [0.5, 0.6) is 0 Å². The van der Waals surface area contributed by atoms with Gasteiger partial charge in [-0.25, -0.2) is 18.1 Å². The molecule has 2 rings (SSSR count). The van der Waals surface area contributed by atoms with Crippen molar-refractivity contribution in [2.24, 2.45) is 0 Å². The fourth-order valence-electron chi connectivity index (χ4n) is 1.93. The Hall–Kier alpha value is -1.21. The molecule has 0 fully saturated rings. The van der Waals surface area contributed by atoms with Crippen molar-refractivity contribution in [3.63, 3.8) is 0 Å². The van der Waals surface area contributed by atoms with Crippen LogP contribution in [0, 0.1) is 0 Å². The molecule has 5 nitrogen and oxygen atoms in total. The van der Waals surface area contributed by atoms with Gasteiger partial charge in [0.2, 0.25) is 10.0 Å². The molecular formula is C14H18ClN3O2S. The number of sulfonamides is 1. The molecule has 0 saturated heterocycles. The molecule has 0 radical (unpaired) electrons. The van der Waals surface area contributed by atoms with Crippen LogP contribution in [0.15, 0.2) is 35.2 Å². The summed E-state index contributed by atoms with van der Waals surface area (Å²) in [5, 5.41) is 1.13. The van der Waals surface area contributed by atoms with Crippen LogP contribution < -0.4 is 4.72 Å². The monoisotopic (exact) mass is 327 g/mol.